The second kappa shape index (κ2) is 37.6. The lowest BCUT2D eigenvalue weighted by atomic mass is 10.2. The minimum atomic E-state index is -0.554. The van der Waals surface area contributed by atoms with Crippen molar-refractivity contribution in [3.63, 3.8) is 0 Å². The summed E-state index contributed by atoms with van der Waals surface area (Å²) in [5.41, 5.74) is -1.66. The summed E-state index contributed by atoms with van der Waals surface area (Å²) < 4.78 is 3.71. The molecule has 0 radical (unpaired) electrons. The van der Waals surface area contributed by atoms with Crippen molar-refractivity contribution in [2.75, 3.05) is 58.9 Å². The maximum Gasteiger partial charge on any atom is 0.336 e. The van der Waals surface area contributed by atoms with Gasteiger partial charge in [-0.1, -0.05) is 119 Å². The molecule has 1 aromatic heterocycles. The van der Waals surface area contributed by atoms with Gasteiger partial charge in [0.1, 0.15) is 0 Å². The fourth-order valence-electron chi connectivity index (χ4n) is 7.46. The van der Waals surface area contributed by atoms with Crippen LogP contribution in [0.15, 0.2) is 14.4 Å². The molecule has 366 valence electrons. The van der Waals surface area contributed by atoms with Crippen LogP contribution < -0.4 is 33.0 Å². The maximum atomic E-state index is 13.7. The van der Waals surface area contributed by atoms with Crippen molar-refractivity contribution in [1.29, 1.82) is 0 Å². The van der Waals surface area contributed by atoms with Crippen molar-refractivity contribution >= 4 is 18.1 Å². The van der Waals surface area contributed by atoms with Gasteiger partial charge in [-0.15, -0.1) is 0 Å². The van der Waals surface area contributed by atoms with Crippen molar-refractivity contribution in [3.8, 4) is 0 Å². The Morgan fingerprint density at radius 2 is 0.540 bits per heavy atom. The quantitative estimate of drug-likeness (QED) is 0.0561. The molecule has 6 amide bonds. The molecule has 3 N–H and O–H groups in total. The zero-order chi connectivity index (χ0) is 46.5. The lowest BCUT2D eigenvalue weighted by Crippen LogP contribution is -2.54. The Labute approximate surface area is 381 Å². The highest BCUT2D eigenvalue weighted by Crippen LogP contribution is 2.06. The monoisotopic (exact) mass is 892 g/mol. The molecule has 0 aromatic carbocycles. The Morgan fingerprint density at radius 1 is 0.333 bits per heavy atom. The predicted octanol–water partition coefficient (Wildman–Crippen LogP) is 8.69. The van der Waals surface area contributed by atoms with Gasteiger partial charge >= 0.3 is 35.2 Å². The second-order valence-electron chi connectivity index (χ2n) is 17.3. The molecule has 63 heavy (non-hydrogen) atoms. The van der Waals surface area contributed by atoms with Crippen LogP contribution in [0.4, 0.5) is 14.4 Å². The Kier molecular flexibility index (Phi) is 34.1. The molecule has 15 heteroatoms. The minimum absolute atomic E-state index is 0.0105. The zero-order valence-corrected chi connectivity index (χ0v) is 41.1. The van der Waals surface area contributed by atoms with Crippen LogP contribution in [0, 0.1) is 0 Å². The van der Waals surface area contributed by atoms with Gasteiger partial charge in [0.2, 0.25) is 0 Å². The number of nitrogens with zero attached hydrogens (tertiary/aromatic N) is 6. The van der Waals surface area contributed by atoms with E-state index in [9.17, 15) is 28.8 Å². The summed E-state index contributed by atoms with van der Waals surface area (Å²) >= 11 is 0. The van der Waals surface area contributed by atoms with Crippen LogP contribution in [0.1, 0.15) is 196 Å². The summed E-state index contributed by atoms with van der Waals surface area (Å²) in [7, 11) is 0. The van der Waals surface area contributed by atoms with E-state index < -0.39 is 17.1 Å². The van der Waals surface area contributed by atoms with Gasteiger partial charge in [0.15, 0.2) is 0 Å². The lowest BCUT2D eigenvalue weighted by Gasteiger charge is -2.22. The summed E-state index contributed by atoms with van der Waals surface area (Å²) in [6.07, 6.45) is 21.3. The molecule has 1 rings (SSSR count). The van der Waals surface area contributed by atoms with E-state index in [1.54, 1.807) is 0 Å². The molecule has 0 fully saturated rings. The van der Waals surface area contributed by atoms with E-state index in [0.29, 0.717) is 38.9 Å². The maximum absolute atomic E-state index is 13.7. The van der Waals surface area contributed by atoms with Gasteiger partial charge in [0.05, 0.1) is 0 Å². The summed E-state index contributed by atoms with van der Waals surface area (Å²) in [4.78, 5) is 85.2. The number of unbranched alkanes of at least 4 members (excludes halogenated alkanes) is 15. The van der Waals surface area contributed by atoms with Gasteiger partial charge in [-0.2, -0.15) is 0 Å². The fourth-order valence-corrected chi connectivity index (χ4v) is 7.46. The van der Waals surface area contributed by atoms with Gasteiger partial charge < -0.3 is 30.7 Å². The van der Waals surface area contributed by atoms with Crippen molar-refractivity contribution in [2.45, 2.75) is 215 Å². The Hall–Kier alpha value is -3.78. The molecule has 0 atom stereocenters. The zero-order valence-electron chi connectivity index (χ0n) is 41.1. The van der Waals surface area contributed by atoms with E-state index in [2.05, 4.69) is 57.5 Å². The first kappa shape index (κ1) is 57.2. The molecule has 0 saturated heterocycles. The van der Waals surface area contributed by atoms with Crippen LogP contribution in [0.2, 0.25) is 0 Å². The number of carbonyl (C=O) groups is 3. The molecule has 0 aliphatic heterocycles. The largest absolute Gasteiger partial charge is 0.338 e. The molecule has 0 aliphatic carbocycles. The van der Waals surface area contributed by atoms with Crippen LogP contribution in [0.5, 0.6) is 0 Å². The van der Waals surface area contributed by atoms with Crippen LogP contribution in [0.3, 0.4) is 0 Å². The first-order chi connectivity index (χ1) is 30.6. The van der Waals surface area contributed by atoms with E-state index in [0.717, 1.165) is 174 Å². The number of hydrogen-bond donors (Lipinski definition) is 3. The molecule has 1 heterocycles. The summed E-state index contributed by atoms with van der Waals surface area (Å²) in [6, 6.07) is -0.0314. The highest BCUT2D eigenvalue weighted by Gasteiger charge is 2.17. The van der Waals surface area contributed by atoms with Gasteiger partial charge in [-0.05, 0) is 77.0 Å². The van der Waals surface area contributed by atoms with Crippen LogP contribution >= 0.6 is 0 Å². The van der Waals surface area contributed by atoms with Crippen molar-refractivity contribution in [3.05, 3.63) is 31.5 Å². The number of amides is 6. The Morgan fingerprint density at radius 3 is 0.746 bits per heavy atom. The van der Waals surface area contributed by atoms with E-state index in [4.69, 9.17) is 0 Å². The number of hydrogen-bond acceptors (Lipinski definition) is 6. The summed E-state index contributed by atoms with van der Waals surface area (Å²) in [5.74, 6) is 0. The molecule has 1 aromatic rings. The van der Waals surface area contributed by atoms with Crippen molar-refractivity contribution < 1.29 is 14.4 Å². The minimum Gasteiger partial charge on any atom is -0.338 e. The average Bonchev–Trinajstić information content (AvgIpc) is 3.28. The van der Waals surface area contributed by atoms with Gasteiger partial charge in [-0.3, -0.25) is 0 Å². The molecule has 0 spiro atoms. The first-order valence-corrected chi connectivity index (χ1v) is 25.6. The molecule has 0 bridgehead atoms. The molecule has 15 nitrogen and oxygen atoms in total. The van der Waals surface area contributed by atoms with Crippen molar-refractivity contribution in [1.82, 2.24) is 44.4 Å². The van der Waals surface area contributed by atoms with Crippen LogP contribution in [-0.2, 0) is 19.6 Å². The third-order valence-corrected chi connectivity index (χ3v) is 11.7. The molecule has 0 aliphatic rings. The number of carbonyl (C=O) groups excluding carboxylic acids is 3. The van der Waals surface area contributed by atoms with E-state index in [1.807, 2.05) is 14.7 Å². The average molecular weight is 892 g/mol. The van der Waals surface area contributed by atoms with Crippen molar-refractivity contribution in [2.24, 2.45) is 0 Å². The Balaban J connectivity index is 2.86. The standard InChI is InChI=1S/C48H93N9O6/c1-7-13-34-52(35-14-8-2)43(58)49-31-25-19-22-28-40-55-46(61)56(41-29-23-20-26-32-50-44(59)53(36-15-9-3)37-16-10-4)48(63)57(47(55)62)42-30-24-21-27-33-51-45(60)54(38-17-11-5)39-18-12-6/h7-42H2,1-6H3,(H,49,58)(H,50,59)(H,51,60). The molecular weight excluding hydrogens is 799 g/mol. The van der Waals surface area contributed by atoms with E-state index in [1.165, 1.54) is 13.7 Å². The van der Waals surface area contributed by atoms with Crippen LogP contribution in [0.25, 0.3) is 0 Å². The Bertz CT molecular complexity index is 1300. The summed E-state index contributed by atoms with van der Waals surface area (Å²) in [6.45, 7) is 19.8. The number of nitrogens with one attached hydrogen (secondary N) is 3. The smallest absolute Gasteiger partial charge is 0.336 e. The van der Waals surface area contributed by atoms with Gasteiger partial charge in [0, 0.05) is 78.5 Å². The molecule has 0 unspecified atom stereocenters. The van der Waals surface area contributed by atoms with E-state index >= 15 is 0 Å². The van der Waals surface area contributed by atoms with Gasteiger partial charge in [0.25, 0.3) is 0 Å². The molecule has 0 saturated carbocycles. The fraction of sp³-hybridized carbons (Fsp3) is 0.875. The lowest BCUT2D eigenvalue weighted by molar-refractivity contribution is 0.195. The molecular formula is C48H93N9O6. The highest BCUT2D eigenvalue weighted by molar-refractivity contribution is 5.74. The topological polar surface area (TPSA) is 163 Å². The van der Waals surface area contributed by atoms with Gasteiger partial charge in [-0.25, -0.2) is 42.5 Å². The number of urea groups is 3. The number of aromatic nitrogens is 3. The first-order valence-electron chi connectivity index (χ1n) is 25.6. The highest BCUT2D eigenvalue weighted by atomic mass is 16.2. The third kappa shape index (κ3) is 24.8. The third-order valence-electron chi connectivity index (χ3n) is 11.7. The summed E-state index contributed by atoms with van der Waals surface area (Å²) in [5, 5.41) is 9.19. The predicted molar refractivity (Wildman–Crippen MR) is 259 cm³/mol. The van der Waals surface area contributed by atoms with E-state index in [-0.39, 0.29) is 37.7 Å². The second-order valence-corrected chi connectivity index (χ2v) is 17.3. The SMILES string of the molecule is CCCCN(CCCC)C(=O)NCCCCCCn1c(=O)n(CCCCCCNC(=O)N(CCCC)CCCC)c(=O)n(CCCCCCNC(=O)N(CCCC)CCCC)c1=O. The van der Waals surface area contributed by atoms with Crippen LogP contribution in [-0.4, -0.2) is 105 Å². The number of rotatable bonds is 39. The normalized spacial score (nSPS) is 11.1.